The number of aliphatic hydroxyl groups is 1. The summed E-state index contributed by atoms with van der Waals surface area (Å²) < 4.78 is 23.4. The fourth-order valence-electron chi connectivity index (χ4n) is 4.95. The molecule has 1 atom stereocenters. The molecule has 0 bridgehead atoms. The van der Waals surface area contributed by atoms with Crippen LogP contribution in [0, 0.1) is 0 Å². The van der Waals surface area contributed by atoms with Crippen molar-refractivity contribution >= 4 is 35.5 Å². The third-order valence-electron chi connectivity index (χ3n) is 7.71. The number of aliphatic carboxylic acids is 1. The van der Waals surface area contributed by atoms with Crippen LogP contribution in [0.15, 0.2) is 140 Å². The summed E-state index contributed by atoms with van der Waals surface area (Å²) in [5, 5.41) is 20.5. The fourth-order valence-corrected chi connectivity index (χ4v) is 5.33. The topological polar surface area (TPSA) is 124 Å². The van der Waals surface area contributed by atoms with Gasteiger partial charge in [0.2, 0.25) is 0 Å². The highest BCUT2D eigenvalue weighted by atomic mass is 35.5. The number of carbonyl (C=O) groups is 2. The summed E-state index contributed by atoms with van der Waals surface area (Å²) in [7, 11) is 0. The van der Waals surface area contributed by atoms with Crippen LogP contribution >= 0.6 is 23.2 Å². The minimum atomic E-state index is -1.74. The van der Waals surface area contributed by atoms with Gasteiger partial charge in [-0.1, -0.05) is 108 Å². The Morgan fingerprint density at radius 2 is 1.11 bits per heavy atom. The first-order valence-corrected chi connectivity index (χ1v) is 17.1. The Hall–Kier alpha value is -5.87. The summed E-state index contributed by atoms with van der Waals surface area (Å²) in [4.78, 5) is 26.6. The predicted octanol–water partition coefficient (Wildman–Crippen LogP) is 9.32. The van der Waals surface area contributed by atoms with Crippen molar-refractivity contribution < 1.29 is 38.7 Å². The molecule has 1 aromatic heterocycles. The third kappa shape index (κ3) is 11.1. The summed E-state index contributed by atoms with van der Waals surface area (Å²) in [6.07, 6.45) is 2.29. The van der Waals surface area contributed by atoms with Gasteiger partial charge in [-0.25, -0.2) is 4.79 Å². The van der Waals surface area contributed by atoms with E-state index in [-0.39, 0.29) is 24.5 Å². The minimum Gasteiger partial charge on any atom is -0.485 e. The highest BCUT2D eigenvalue weighted by molar-refractivity contribution is 6.31. The second-order valence-corrected chi connectivity index (χ2v) is 12.2. The van der Waals surface area contributed by atoms with E-state index in [1.54, 1.807) is 60.9 Å². The van der Waals surface area contributed by atoms with Crippen molar-refractivity contribution in [2.75, 3.05) is 0 Å². The second kappa shape index (κ2) is 19.7. The minimum absolute atomic E-state index is 0.109. The Balaban J connectivity index is 0.000000206. The first kappa shape index (κ1) is 38.4. The molecule has 0 aliphatic rings. The van der Waals surface area contributed by atoms with Crippen molar-refractivity contribution in [3.05, 3.63) is 183 Å². The number of para-hydroxylation sites is 2. The first-order chi connectivity index (χ1) is 25.8. The maximum Gasteiger partial charge on any atom is 0.337 e. The average molecular weight is 753 g/mol. The van der Waals surface area contributed by atoms with Gasteiger partial charge in [-0.2, -0.15) is 0 Å². The number of rotatable bonds is 15. The van der Waals surface area contributed by atoms with Gasteiger partial charge in [0.05, 0.1) is 5.56 Å². The Morgan fingerprint density at radius 1 is 0.604 bits per heavy atom. The number of ether oxygens (including phenoxy) is 4. The number of carbonyl (C=O) groups excluding carboxylic acids is 1. The smallest absolute Gasteiger partial charge is 0.337 e. The normalized spacial score (nSPS) is 11.0. The van der Waals surface area contributed by atoms with Crippen LogP contribution in [0.4, 0.5) is 0 Å². The summed E-state index contributed by atoms with van der Waals surface area (Å²) in [5.41, 5.74) is 4.06. The molecular weight excluding hydrogens is 717 g/mol. The van der Waals surface area contributed by atoms with Crippen molar-refractivity contribution in [2.24, 2.45) is 0 Å². The molecule has 6 aromatic rings. The van der Waals surface area contributed by atoms with E-state index in [0.29, 0.717) is 46.1 Å². The number of nitrogens with zero attached hydrogens (tertiary/aromatic N) is 1. The lowest BCUT2D eigenvalue weighted by Gasteiger charge is -2.18. The number of hydrogen-bond acceptors (Lipinski definition) is 8. The zero-order valence-corrected chi connectivity index (χ0v) is 29.8. The zero-order valence-electron chi connectivity index (χ0n) is 28.3. The van der Waals surface area contributed by atoms with Crippen LogP contribution in [0.5, 0.6) is 23.0 Å². The number of carboxylic acid groups (broad SMARTS) is 1. The van der Waals surface area contributed by atoms with Gasteiger partial charge in [-0.3, -0.25) is 9.78 Å². The van der Waals surface area contributed by atoms with Crippen LogP contribution < -0.4 is 18.9 Å². The lowest BCUT2D eigenvalue weighted by Crippen LogP contribution is -2.13. The van der Waals surface area contributed by atoms with E-state index in [9.17, 15) is 19.8 Å². The number of halogens is 2. The quantitative estimate of drug-likeness (QED) is 0.0988. The second-order valence-electron chi connectivity index (χ2n) is 11.4. The predicted molar refractivity (Wildman–Crippen MR) is 202 cm³/mol. The van der Waals surface area contributed by atoms with Gasteiger partial charge in [-0.15, -0.1) is 0 Å². The Morgan fingerprint density at radius 3 is 1.68 bits per heavy atom. The molecule has 6 rings (SSSR count). The van der Waals surface area contributed by atoms with Gasteiger partial charge in [0.15, 0.2) is 35.4 Å². The number of aliphatic hydroxyl groups excluding tert-OH is 1. The summed E-state index contributed by atoms with van der Waals surface area (Å²) in [6.45, 7) is 0.976. The monoisotopic (exact) mass is 751 g/mol. The Kier molecular flexibility index (Phi) is 14.2. The van der Waals surface area contributed by atoms with Crippen LogP contribution in [0.3, 0.4) is 0 Å². The van der Waals surface area contributed by atoms with Gasteiger partial charge < -0.3 is 29.2 Å². The van der Waals surface area contributed by atoms with Crippen LogP contribution in [0.1, 0.15) is 44.3 Å². The molecule has 0 fully saturated rings. The SMILES string of the molecule is O=C(O)C(O)c1cccc(OCc2ccccc2Cl)c1OCc1ccncc1.O=Cc1cccc(OCc2ccccc2Cl)c1OCc1ccccc1. The molecule has 2 N–H and O–H groups in total. The molecule has 9 nitrogen and oxygen atoms in total. The summed E-state index contributed by atoms with van der Waals surface area (Å²) >= 11 is 12.3. The fraction of sp³-hybridized carbons (Fsp3) is 0.119. The lowest BCUT2D eigenvalue weighted by atomic mass is 10.1. The highest BCUT2D eigenvalue weighted by Gasteiger charge is 2.24. The highest BCUT2D eigenvalue weighted by Crippen LogP contribution is 2.37. The van der Waals surface area contributed by atoms with Crippen molar-refractivity contribution in [1.29, 1.82) is 0 Å². The summed E-state index contributed by atoms with van der Waals surface area (Å²) in [6, 6.07) is 38.0. The van der Waals surface area contributed by atoms with Crippen LogP contribution in [0.25, 0.3) is 0 Å². The Labute approximate surface area is 316 Å². The number of hydrogen-bond donors (Lipinski definition) is 2. The van der Waals surface area contributed by atoms with Gasteiger partial charge in [-0.05, 0) is 53.6 Å². The third-order valence-corrected chi connectivity index (χ3v) is 8.45. The standard InChI is InChI=1S/C21H18ClNO5.C21H17ClO3/c22-17-6-2-1-4-15(17)13-27-18-7-3-5-16(19(24)21(25)26)20(18)28-12-14-8-10-23-11-9-14;22-19-11-5-4-9-18(19)15-24-20-12-6-10-17(13-23)21(20)25-14-16-7-2-1-3-8-16/h1-11,19,24H,12-13H2,(H,25,26);1-13H,14-15H2. The van der Waals surface area contributed by atoms with Gasteiger partial charge in [0.1, 0.15) is 26.4 Å². The molecule has 11 heteroatoms. The molecule has 53 heavy (non-hydrogen) atoms. The molecule has 5 aromatic carbocycles. The molecule has 0 saturated carbocycles. The molecular formula is C42H35Cl2NO8. The number of benzene rings is 5. The Bertz CT molecular complexity index is 2100. The lowest BCUT2D eigenvalue weighted by molar-refractivity contribution is -0.147. The van der Waals surface area contributed by atoms with E-state index >= 15 is 0 Å². The molecule has 270 valence electrons. The van der Waals surface area contributed by atoms with E-state index in [2.05, 4.69) is 4.98 Å². The van der Waals surface area contributed by atoms with Crippen molar-refractivity contribution in [1.82, 2.24) is 4.98 Å². The maximum absolute atomic E-state index is 11.4. The van der Waals surface area contributed by atoms with E-state index in [1.165, 1.54) is 6.07 Å². The van der Waals surface area contributed by atoms with Crippen molar-refractivity contribution in [2.45, 2.75) is 32.5 Å². The largest absolute Gasteiger partial charge is 0.485 e. The average Bonchev–Trinajstić information content (AvgIpc) is 3.19. The number of aldehydes is 1. The van der Waals surface area contributed by atoms with Gasteiger partial charge in [0.25, 0.3) is 0 Å². The molecule has 0 radical (unpaired) electrons. The zero-order chi connectivity index (χ0) is 37.4. The molecule has 0 aliphatic heterocycles. The number of pyridine rings is 1. The van der Waals surface area contributed by atoms with Crippen LogP contribution in [0.2, 0.25) is 10.0 Å². The maximum atomic E-state index is 11.4. The van der Waals surface area contributed by atoms with Gasteiger partial charge >= 0.3 is 5.97 Å². The molecule has 1 unspecified atom stereocenters. The number of carboxylic acids is 1. The molecule has 0 amide bonds. The summed E-state index contributed by atoms with van der Waals surface area (Å²) in [5.74, 6) is 0.0546. The van der Waals surface area contributed by atoms with E-state index in [1.807, 2.05) is 72.8 Å². The number of aromatic nitrogens is 1. The molecule has 0 spiro atoms. The van der Waals surface area contributed by atoms with Gasteiger partial charge in [0, 0.05) is 39.1 Å². The van der Waals surface area contributed by atoms with E-state index < -0.39 is 12.1 Å². The van der Waals surface area contributed by atoms with E-state index in [0.717, 1.165) is 28.5 Å². The molecule has 0 saturated heterocycles. The first-order valence-electron chi connectivity index (χ1n) is 16.4. The van der Waals surface area contributed by atoms with Crippen LogP contribution in [-0.2, 0) is 31.2 Å². The van der Waals surface area contributed by atoms with Crippen LogP contribution in [-0.4, -0.2) is 27.5 Å². The van der Waals surface area contributed by atoms with Crippen molar-refractivity contribution in [3.8, 4) is 23.0 Å². The van der Waals surface area contributed by atoms with E-state index in [4.69, 9.17) is 42.1 Å². The van der Waals surface area contributed by atoms with Crippen molar-refractivity contribution in [3.63, 3.8) is 0 Å². The molecule has 1 heterocycles. The molecule has 0 aliphatic carbocycles.